The van der Waals surface area contributed by atoms with E-state index in [9.17, 15) is 4.79 Å². The van der Waals surface area contributed by atoms with Gasteiger partial charge in [-0.1, -0.05) is 18.2 Å². The lowest BCUT2D eigenvalue weighted by Gasteiger charge is -2.30. The van der Waals surface area contributed by atoms with E-state index in [0.717, 1.165) is 30.0 Å². The normalized spacial score (nSPS) is 14.1. The Kier molecular flexibility index (Phi) is 6.92. The molecule has 6 heteroatoms. The zero-order valence-electron chi connectivity index (χ0n) is 16.3. The molecule has 1 aliphatic heterocycles. The highest BCUT2D eigenvalue weighted by Crippen LogP contribution is 2.29. The molecule has 0 aliphatic carbocycles. The second kappa shape index (κ2) is 9.80. The van der Waals surface area contributed by atoms with Crippen LogP contribution in [-0.2, 0) is 9.53 Å². The minimum Gasteiger partial charge on any atom is -0.493 e. The number of methoxy groups -OCH3 is 1. The molecule has 0 spiro atoms. The molecule has 0 atom stereocenters. The zero-order chi connectivity index (χ0) is 19.8. The summed E-state index contributed by atoms with van der Waals surface area (Å²) in [6, 6.07) is 13.4. The zero-order valence-corrected chi connectivity index (χ0v) is 16.3. The van der Waals surface area contributed by atoms with E-state index >= 15 is 0 Å². The molecular weight excluding hydrogens is 356 g/mol. The number of carbonyl (C=O) groups excluding carboxylic acids is 1. The summed E-state index contributed by atoms with van der Waals surface area (Å²) >= 11 is 0. The first-order chi connectivity index (χ1) is 13.7. The Hall–Kier alpha value is -2.99. The molecule has 0 saturated carbocycles. The van der Waals surface area contributed by atoms with E-state index < -0.39 is 0 Å². The van der Waals surface area contributed by atoms with E-state index in [-0.39, 0.29) is 5.91 Å². The molecule has 28 heavy (non-hydrogen) atoms. The molecule has 0 unspecified atom stereocenters. The van der Waals surface area contributed by atoms with Crippen molar-refractivity contribution in [3.63, 3.8) is 0 Å². The molecule has 148 valence electrons. The van der Waals surface area contributed by atoms with Crippen molar-refractivity contribution < 1.29 is 19.0 Å². The topological polar surface area (TPSA) is 60.0 Å². The molecule has 6 nitrogen and oxygen atoms in total. The molecule has 1 saturated heterocycles. The van der Waals surface area contributed by atoms with Gasteiger partial charge in [-0.15, -0.1) is 0 Å². The smallest absolute Gasteiger partial charge is 0.248 e. The van der Waals surface area contributed by atoms with E-state index in [1.165, 1.54) is 6.08 Å². The van der Waals surface area contributed by atoms with Gasteiger partial charge in [0.05, 0.1) is 38.3 Å². The molecule has 2 aromatic carbocycles. The van der Waals surface area contributed by atoms with Crippen molar-refractivity contribution in [3.8, 4) is 11.5 Å². The molecule has 1 heterocycles. The number of ether oxygens (including phenoxy) is 3. The number of nitrogens with one attached hydrogen (secondary N) is 1. The third-order valence-electron chi connectivity index (χ3n) is 4.43. The van der Waals surface area contributed by atoms with Crippen molar-refractivity contribution in [2.24, 2.45) is 0 Å². The Morgan fingerprint density at radius 2 is 1.96 bits per heavy atom. The van der Waals surface area contributed by atoms with Crippen LogP contribution in [0.3, 0.4) is 0 Å². The minimum absolute atomic E-state index is 0.187. The van der Waals surface area contributed by atoms with Crippen molar-refractivity contribution in [3.05, 3.63) is 54.1 Å². The number of morpholine rings is 1. The minimum atomic E-state index is -0.187. The number of amides is 1. The van der Waals surface area contributed by atoms with Crippen molar-refractivity contribution in [1.82, 2.24) is 0 Å². The van der Waals surface area contributed by atoms with Crippen LogP contribution in [-0.4, -0.2) is 45.9 Å². The second-order valence-corrected chi connectivity index (χ2v) is 6.28. The van der Waals surface area contributed by atoms with Crippen LogP contribution in [0.15, 0.2) is 48.5 Å². The molecule has 1 fully saturated rings. The highest BCUT2D eigenvalue weighted by molar-refractivity contribution is 6.03. The summed E-state index contributed by atoms with van der Waals surface area (Å²) < 4.78 is 16.3. The number of rotatable bonds is 7. The lowest BCUT2D eigenvalue weighted by atomic mass is 10.2. The number of hydrogen-bond donors (Lipinski definition) is 1. The number of anilines is 2. The molecule has 0 aromatic heterocycles. The first-order valence-electron chi connectivity index (χ1n) is 9.43. The van der Waals surface area contributed by atoms with Crippen LogP contribution in [0.4, 0.5) is 11.4 Å². The van der Waals surface area contributed by atoms with Gasteiger partial charge < -0.3 is 24.4 Å². The summed E-state index contributed by atoms with van der Waals surface area (Å²) in [5.41, 5.74) is 2.66. The maximum atomic E-state index is 12.4. The number of nitrogens with zero attached hydrogens (tertiary/aromatic N) is 1. The maximum absolute atomic E-state index is 12.4. The summed E-state index contributed by atoms with van der Waals surface area (Å²) in [7, 11) is 1.60. The van der Waals surface area contributed by atoms with Crippen LogP contribution < -0.4 is 19.7 Å². The maximum Gasteiger partial charge on any atom is 0.248 e. The van der Waals surface area contributed by atoms with Gasteiger partial charge in [0, 0.05) is 19.2 Å². The van der Waals surface area contributed by atoms with Gasteiger partial charge in [0.15, 0.2) is 11.5 Å². The third-order valence-corrected chi connectivity index (χ3v) is 4.43. The van der Waals surface area contributed by atoms with Crippen LogP contribution in [0.25, 0.3) is 6.08 Å². The molecule has 0 bridgehead atoms. The lowest BCUT2D eigenvalue weighted by Crippen LogP contribution is -2.36. The monoisotopic (exact) mass is 382 g/mol. The van der Waals surface area contributed by atoms with Crippen molar-refractivity contribution in [1.29, 1.82) is 0 Å². The Bertz CT molecular complexity index is 829. The Morgan fingerprint density at radius 3 is 2.71 bits per heavy atom. The second-order valence-electron chi connectivity index (χ2n) is 6.28. The van der Waals surface area contributed by atoms with Crippen LogP contribution in [0.1, 0.15) is 12.5 Å². The Balaban J connectivity index is 1.69. The summed E-state index contributed by atoms with van der Waals surface area (Å²) in [5, 5.41) is 2.97. The molecule has 3 rings (SSSR count). The largest absolute Gasteiger partial charge is 0.493 e. The van der Waals surface area contributed by atoms with Gasteiger partial charge in [-0.05, 0) is 42.8 Å². The van der Waals surface area contributed by atoms with Crippen LogP contribution in [0, 0.1) is 0 Å². The van der Waals surface area contributed by atoms with Gasteiger partial charge in [0.25, 0.3) is 0 Å². The van der Waals surface area contributed by atoms with E-state index in [1.54, 1.807) is 13.2 Å². The molecule has 0 radical (unpaired) electrons. The summed E-state index contributed by atoms with van der Waals surface area (Å²) in [5.74, 6) is 1.14. The third kappa shape index (κ3) is 5.04. The lowest BCUT2D eigenvalue weighted by molar-refractivity contribution is -0.111. The van der Waals surface area contributed by atoms with Crippen LogP contribution >= 0.6 is 0 Å². The summed E-state index contributed by atoms with van der Waals surface area (Å²) in [6.45, 7) is 5.51. The fraction of sp³-hybridized carbons (Fsp3) is 0.318. The number of hydrogen-bond acceptors (Lipinski definition) is 5. The van der Waals surface area contributed by atoms with Crippen LogP contribution in [0.5, 0.6) is 11.5 Å². The van der Waals surface area contributed by atoms with Gasteiger partial charge in [0.2, 0.25) is 5.91 Å². The molecule has 1 amide bonds. The predicted molar refractivity (Wildman–Crippen MR) is 111 cm³/mol. The van der Waals surface area contributed by atoms with Crippen LogP contribution in [0.2, 0.25) is 0 Å². The van der Waals surface area contributed by atoms with Gasteiger partial charge in [-0.2, -0.15) is 0 Å². The van der Waals surface area contributed by atoms with Crippen molar-refractivity contribution >= 4 is 23.4 Å². The van der Waals surface area contributed by atoms with Gasteiger partial charge >= 0.3 is 0 Å². The molecular formula is C22H26N2O4. The fourth-order valence-electron chi connectivity index (χ4n) is 3.07. The average molecular weight is 382 g/mol. The standard InChI is InChI=1S/C22H26N2O4/c1-3-28-20-10-8-17(16-21(20)26-2)9-11-22(25)23-18-6-4-5-7-19(18)24-12-14-27-15-13-24/h4-11,16H,3,12-15H2,1-2H3,(H,23,25)/b11-9+. The SMILES string of the molecule is CCOc1ccc(/C=C/C(=O)Nc2ccccc2N2CCOCC2)cc1OC. The highest BCUT2D eigenvalue weighted by atomic mass is 16.5. The quantitative estimate of drug-likeness (QED) is 0.742. The first kappa shape index (κ1) is 19.8. The highest BCUT2D eigenvalue weighted by Gasteiger charge is 2.15. The number of benzene rings is 2. The molecule has 1 N–H and O–H groups in total. The average Bonchev–Trinajstić information content (AvgIpc) is 2.74. The first-order valence-corrected chi connectivity index (χ1v) is 9.43. The van der Waals surface area contributed by atoms with E-state index in [0.29, 0.717) is 31.3 Å². The van der Waals surface area contributed by atoms with Gasteiger partial charge in [0.1, 0.15) is 0 Å². The Labute approximate surface area is 165 Å². The number of para-hydroxylation sites is 2. The van der Waals surface area contributed by atoms with Crippen molar-refractivity contribution in [2.75, 3.05) is 50.2 Å². The fourth-order valence-corrected chi connectivity index (χ4v) is 3.07. The van der Waals surface area contributed by atoms with E-state index in [2.05, 4.69) is 10.2 Å². The van der Waals surface area contributed by atoms with E-state index in [4.69, 9.17) is 14.2 Å². The molecule has 2 aromatic rings. The molecule has 1 aliphatic rings. The predicted octanol–water partition coefficient (Wildman–Crippen LogP) is 3.58. The Morgan fingerprint density at radius 1 is 1.18 bits per heavy atom. The number of carbonyl (C=O) groups is 1. The summed E-state index contributed by atoms with van der Waals surface area (Å²) in [6.07, 6.45) is 3.27. The van der Waals surface area contributed by atoms with Gasteiger partial charge in [-0.25, -0.2) is 0 Å². The summed E-state index contributed by atoms with van der Waals surface area (Å²) in [4.78, 5) is 14.7. The van der Waals surface area contributed by atoms with Gasteiger partial charge in [-0.3, -0.25) is 4.79 Å². The van der Waals surface area contributed by atoms with E-state index in [1.807, 2.05) is 49.4 Å². The van der Waals surface area contributed by atoms with Crippen molar-refractivity contribution in [2.45, 2.75) is 6.92 Å².